The lowest BCUT2D eigenvalue weighted by Gasteiger charge is -2.02. The van der Waals surface area contributed by atoms with Crippen molar-refractivity contribution in [3.05, 3.63) is 80.6 Å². The van der Waals surface area contributed by atoms with Crippen LogP contribution in [-0.4, -0.2) is 21.7 Å². The van der Waals surface area contributed by atoms with Gasteiger partial charge in [-0.3, -0.25) is 4.79 Å². The van der Waals surface area contributed by atoms with Crippen molar-refractivity contribution in [1.29, 1.82) is 0 Å². The fraction of sp³-hybridized carbons (Fsp3) is 0.0952. The quantitative estimate of drug-likeness (QED) is 0.549. The van der Waals surface area contributed by atoms with Gasteiger partial charge in [-0.05, 0) is 19.1 Å². The summed E-state index contributed by atoms with van der Waals surface area (Å²) < 4.78 is 7.27. The molecule has 0 spiro atoms. The lowest BCUT2D eigenvalue weighted by Crippen LogP contribution is -2.23. The number of benzene rings is 2. The maximum absolute atomic E-state index is 12.6. The Morgan fingerprint density at radius 2 is 1.89 bits per heavy atom. The van der Waals surface area contributed by atoms with Crippen molar-refractivity contribution < 1.29 is 4.74 Å². The second-order valence-electron chi connectivity index (χ2n) is 6.04. The van der Waals surface area contributed by atoms with Gasteiger partial charge in [-0.15, -0.1) is 5.10 Å². The van der Waals surface area contributed by atoms with E-state index in [0.717, 1.165) is 16.9 Å². The van der Waals surface area contributed by atoms with E-state index in [1.807, 2.05) is 67.6 Å². The number of allylic oxidation sites excluding steroid dienone is 1. The van der Waals surface area contributed by atoms with Gasteiger partial charge in [0.1, 0.15) is 5.75 Å². The largest absolute Gasteiger partial charge is 0.496 e. The summed E-state index contributed by atoms with van der Waals surface area (Å²) in [5, 5.41) is 4.37. The Morgan fingerprint density at radius 3 is 2.63 bits per heavy atom. The topological polar surface area (TPSA) is 56.5 Å². The first-order valence-electron chi connectivity index (χ1n) is 8.44. The number of aryl methyl sites for hydroxylation is 1. The molecule has 0 N–H and O–H groups in total. The van der Waals surface area contributed by atoms with Crippen LogP contribution in [0.5, 0.6) is 5.75 Å². The molecule has 0 atom stereocenters. The second kappa shape index (κ2) is 7.17. The molecule has 0 unspecified atom stereocenters. The summed E-state index contributed by atoms with van der Waals surface area (Å²) in [6, 6.07) is 15.6. The van der Waals surface area contributed by atoms with Crippen LogP contribution >= 0.6 is 11.3 Å². The molecule has 134 valence electrons. The minimum Gasteiger partial charge on any atom is -0.496 e. The summed E-state index contributed by atoms with van der Waals surface area (Å²) in [6.07, 6.45) is 5.53. The third-order valence-electron chi connectivity index (χ3n) is 4.15. The van der Waals surface area contributed by atoms with Gasteiger partial charge in [-0.1, -0.05) is 71.5 Å². The van der Waals surface area contributed by atoms with Crippen LogP contribution in [0.4, 0.5) is 0 Å². The SMILES string of the molecule is COc1ccccc1C=CC=c1sc2nc(-c3ccc(C)cc3)nn2c1=O. The van der Waals surface area contributed by atoms with Crippen LogP contribution in [0.1, 0.15) is 11.1 Å². The Morgan fingerprint density at radius 1 is 1.11 bits per heavy atom. The molecule has 0 saturated heterocycles. The zero-order valence-corrected chi connectivity index (χ0v) is 15.7. The molecule has 27 heavy (non-hydrogen) atoms. The van der Waals surface area contributed by atoms with E-state index >= 15 is 0 Å². The van der Waals surface area contributed by atoms with Gasteiger partial charge in [0.05, 0.1) is 11.6 Å². The molecular formula is C21H17N3O2S. The number of fused-ring (bicyclic) bond motifs is 1. The van der Waals surface area contributed by atoms with Gasteiger partial charge in [0.25, 0.3) is 5.56 Å². The molecule has 0 aliphatic rings. The number of rotatable bonds is 4. The third-order valence-corrected chi connectivity index (χ3v) is 5.13. The van der Waals surface area contributed by atoms with Crippen LogP contribution < -0.4 is 14.8 Å². The first kappa shape index (κ1) is 17.2. The summed E-state index contributed by atoms with van der Waals surface area (Å²) in [5.41, 5.74) is 2.86. The molecule has 5 nitrogen and oxygen atoms in total. The zero-order valence-electron chi connectivity index (χ0n) is 14.9. The second-order valence-corrected chi connectivity index (χ2v) is 7.04. The monoisotopic (exact) mass is 375 g/mol. The molecule has 4 rings (SSSR count). The molecule has 0 aliphatic heterocycles. The molecule has 2 aromatic carbocycles. The van der Waals surface area contributed by atoms with E-state index in [2.05, 4.69) is 10.1 Å². The van der Waals surface area contributed by atoms with Gasteiger partial charge in [0.2, 0.25) is 4.96 Å². The zero-order chi connectivity index (χ0) is 18.8. The van der Waals surface area contributed by atoms with Gasteiger partial charge in [0.15, 0.2) is 5.82 Å². The van der Waals surface area contributed by atoms with Crippen molar-refractivity contribution in [3.8, 4) is 17.1 Å². The van der Waals surface area contributed by atoms with Gasteiger partial charge in [-0.2, -0.15) is 9.50 Å². The van der Waals surface area contributed by atoms with E-state index in [1.165, 1.54) is 21.4 Å². The standard InChI is InChI=1S/C21H17N3O2S/c1-14-10-12-16(13-11-14)19-22-21-24(23-19)20(25)18(27-21)9-5-7-15-6-3-4-8-17(15)26-2/h3-13H,1-2H3. The fourth-order valence-corrected chi connectivity index (χ4v) is 3.58. The van der Waals surface area contributed by atoms with E-state index in [4.69, 9.17) is 4.74 Å². The van der Waals surface area contributed by atoms with E-state index in [-0.39, 0.29) is 5.56 Å². The van der Waals surface area contributed by atoms with Crippen molar-refractivity contribution in [2.75, 3.05) is 7.11 Å². The van der Waals surface area contributed by atoms with E-state index in [1.54, 1.807) is 13.2 Å². The Labute approximate surface area is 159 Å². The molecule has 0 aliphatic carbocycles. The molecular weight excluding hydrogens is 358 g/mol. The number of aromatic nitrogens is 3. The summed E-state index contributed by atoms with van der Waals surface area (Å²) in [5.74, 6) is 1.35. The highest BCUT2D eigenvalue weighted by Gasteiger charge is 2.11. The normalized spacial score (nSPS) is 12.3. The van der Waals surface area contributed by atoms with Crippen LogP contribution in [0.15, 0.2) is 59.4 Å². The van der Waals surface area contributed by atoms with Crippen LogP contribution in [0, 0.1) is 6.92 Å². The molecule has 0 radical (unpaired) electrons. The molecule has 0 fully saturated rings. The van der Waals surface area contributed by atoms with Gasteiger partial charge < -0.3 is 4.74 Å². The highest BCUT2D eigenvalue weighted by atomic mass is 32.1. The highest BCUT2D eigenvalue weighted by molar-refractivity contribution is 7.15. The Balaban J connectivity index is 1.67. The van der Waals surface area contributed by atoms with Crippen LogP contribution in [0.25, 0.3) is 28.5 Å². The number of ether oxygens (including phenoxy) is 1. The smallest absolute Gasteiger partial charge is 0.291 e. The number of nitrogens with zero attached hydrogens (tertiary/aromatic N) is 3. The molecule has 0 saturated carbocycles. The first-order chi connectivity index (χ1) is 13.2. The predicted molar refractivity (Wildman–Crippen MR) is 109 cm³/mol. The average molecular weight is 375 g/mol. The van der Waals surface area contributed by atoms with Gasteiger partial charge in [0, 0.05) is 11.1 Å². The van der Waals surface area contributed by atoms with Crippen molar-refractivity contribution >= 4 is 28.4 Å². The highest BCUT2D eigenvalue weighted by Crippen LogP contribution is 2.19. The lowest BCUT2D eigenvalue weighted by molar-refractivity contribution is 0.414. The fourth-order valence-electron chi connectivity index (χ4n) is 2.72. The summed E-state index contributed by atoms with van der Waals surface area (Å²) >= 11 is 1.33. The van der Waals surface area contributed by atoms with Gasteiger partial charge >= 0.3 is 0 Å². The maximum atomic E-state index is 12.6. The van der Waals surface area contributed by atoms with E-state index in [9.17, 15) is 4.79 Å². The van der Waals surface area contributed by atoms with Crippen LogP contribution in [-0.2, 0) is 0 Å². The lowest BCUT2D eigenvalue weighted by atomic mass is 10.1. The minimum atomic E-state index is -0.162. The van der Waals surface area contributed by atoms with E-state index < -0.39 is 0 Å². The average Bonchev–Trinajstić information content (AvgIpc) is 3.22. The maximum Gasteiger partial charge on any atom is 0.291 e. The molecule has 2 heterocycles. The number of hydrogen-bond acceptors (Lipinski definition) is 5. The molecule has 0 bridgehead atoms. The Kier molecular flexibility index (Phi) is 4.56. The summed E-state index contributed by atoms with van der Waals surface area (Å²) in [6.45, 7) is 2.03. The van der Waals surface area contributed by atoms with Crippen molar-refractivity contribution in [2.24, 2.45) is 0 Å². The summed E-state index contributed by atoms with van der Waals surface area (Å²) in [4.78, 5) is 17.7. The van der Waals surface area contributed by atoms with E-state index in [0.29, 0.717) is 15.3 Å². The van der Waals surface area contributed by atoms with Crippen LogP contribution in [0.3, 0.4) is 0 Å². The number of methoxy groups -OCH3 is 1. The molecule has 0 amide bonds. The predicted octanol–water partition coefficient (Wildman–Crippen LogP) is 3.35. The minimum absolute atomic E-state index is 0.162. The first-order valence-corrected chi connectivity index (χ1v) is 9.25. The molecule has 2 aromatic heterocycles. The number of thiazole rings is 1. The van der Waals surface area contributed by atoms with Crippen molar-refractivity contribution in [3.63, 3.8) is 0 Å². The Hall–Kier alpha value is -3.25. The molecule has 4 aromatic rings. The summed E-state index contributed by atoms with van der Waals surface area (Å²) in [7, 11) is 1.64. The third kappa shape index (κ3) is 3.39. The number of para-hydroxylation sites is 1. The Bertz CT molecular complexity index is 1240. The number of hydrogen-bond donors (Lipinski definition) is 0. The van der Waals surface area contributed by atoms with Crippen LogP contribution in [0.2, 0.25) is 0 Å². The van der Waals surface area contributed by atoms with Gasteiger partial charge in [-0.25, -0.2) is 0 Å². The van der Waals surface area contributed by atoms with Crippen molar-refractivity contribution in [1.82, 2.24) is 14.6 Å². The molecule has 6 heteroatoms. The van der Waals surface area contributed by atoms with Crippen molar-refractivity contribution in [2.45, 2.75) is 6.92 Å².